The Hall–Kier alpha value is -5.67. The monoisotopic (exact) mass is 536 g/mol. The quantitative estimate of drug-likeness (QED) is 0.225. The van der Waals surface area contributed by atoms with Crippen molar-refractivity contribution in [3.05, 3.63) is 146 Å². The van der Waals surface area contributed by atoms with Crippen LogP contribution in [0.4, 0.5) is 0 Å². The summed E-state index contributed by atoms with van der Waals surface area (Å²) in [7, 11) is 0. The molecule has 0 saturated carbocycles. The number of nitrogens with zero attached hydrogens (tertiary/aromatic N) is 2. The zero-order valence-electron chi connectivity index (χ0n) is 22.7. The normalized spacial score (nSPS) is 11.8. The van der Waals surface area contributed by atoms with Gasteiger partial charge in [0.1, 0.15) is 11.2 Å². The van der Waals surface area contributed by atoms with Gasteiger partial charge in [-0.1, -0.05) is 103 Å². The number of hydrogen-bond donors (Lipinski definition) is 0. The Bertz CT molecular complexity index is 2450. The lowest BCUT2D eigenvalue weighted by Gasteiger charge is -2.10. The van der Waals surface area contributed by atoms with Crippen molar-refractivity contribution in [3.8, 4) is 28.1 Å². The highest BCUT2D eigenvalue weighted by Gasteiger charge is 2.18. The van der Waals surface area contributed by atoms with Crippen LogP contribution in [0.2, 0.25) is 0 Å². The van der Waals surface area contributed by atoms with Crippen molar-refractivity contribution in [2.45, 2.75) is 0 Å². The second-order valence-corrected chi connectivity index (χ2v) is 10.8. The number of furan rings is 1. The molecule has 196 valence electrons. The van der Waals surface area contributed by atoms with Crippen LogP contribution in [0.5, 0.6) is 0 Å². The first-order valence-corrected chi connectivity index (χ1v) is 14.2. The van der Waals surface area contributed by atoms with Crippen molar-refractivity contribution in [2.75, 3.05) is 0 Å². The molecule has 6 aromatic carbocycles. The lowest BCUT2D eigenvalue weighted by Crippen LogP contribution is -1.94. The minimum atomic E-state index is 0.866. The molecule has 3 heterocycles. The van der Waals surface area contributed by atoms with Crippen LogP contribution in [0.25, 0.3) is 82.6 Å². The summed E-state index contributed by atoms with van der Waals surface area (Å²) < 4.78 is 8.99. The first-order chi connectivity index (χ1) is 20.8. The van der Waals surface area contributed by atoms with E-state index in [9.17, 15) is 0 Å². The molecule has 0 radical (unpaired) electrons. The van der Waals surface area contributed by atoms with Gasteiger partial charge >= 0.3 is 0 Å². The molecule has 0 aliphatic rings. The molecule has 9 rings (SSSR count). The molecule has 0 bridgehead atoms. The van der Waals surface area contributed by atoms with E-state index in [0.29, 0.717) is 0 Å². The SMILES string of the molecule is c1ccc(-c2ccc(-n3c4ccccc4c4cnc(-c5cccc6c5oc5c7ccccc7ccc65)cc43)cc2)cc1. The van der Waals surface area contributed by atoms with E-state index in [1.807, 2.05) is 6.20 Å². The fraction of sp³-hybridized carbons (Fsp3) is 0. The van der Waals surface area contributed by atoms with Crippen molar-refractivity contribution in [1.82, 2.24) is 9.55 Å². The summed E-state index contributed by atoms with van der Waals surface area (Å²) in [6.07, 6.45) is 2.01. The number of pyridine rings is 1. The summed E-state index contributed by atoms with van der Waals surface area (Å²) in [5.74, 6) is 0. The number of hydrogen-bond acceptors (Lipinski definition) is 2. The highest BCUT2D eigenvalue weighted by atomic mass is 16.3. The van der Waals surface area contributed by atoms with Gasteiger partial charge in [0.2, 0.25) is 0 Å². The van der Waals surface area contributed by atoms with Crippen LogP contribution < -0.4 is 0 Å². The third-order valence-electron chi connectivity index (χ3n) is 8.46. The molecule has 0 fully saturated rings. The molecule has 9 aromatic rings. The number of para-hydroxylation sites is 2. The first kappa shape index (κ1) is 23.1. The molecule has 0 atom stereocenters. The molecular weight excluding hydrogens is 512 g/mol. The smallest absolute Gasteiger partial charge is 0.144 e. The summed E-state index contributed by atoms with van der Waals surface area (Å²) in [5, 5.41) is 6.84. The number of fused-ring (bicyclic) bond motifs is 8. The first-order valence-electron chi connectivity index (χ1n) is 14.2. The highest BCUT2D eigenvalue weighted by Crippen LogP contribution is 2.40. The third kappa shape index (κ3) is 3.37. The van der Waals surface area contributed by atoms with Crippen LogP contribution in [0.15, 0.2) is 150 Å². The number of aromatic nitrogens is 2. The maximum Gasteiger partial charge on any atom is 0.144 e. The molecule has 3 nitrogen and oxygen atoms in total. The fourth-order valence-corrected chi connectivity index (χ4v) is 6.45. The molecule has 0 saturated heterocycles. The van der Waals surface area contributed by atoms with Crippen LogP contribution in [0.1, 0.15) is 0 Å². The maximum absolute atomic E-state index is 6.65. The molecule has 3 heteroatoms. The molecular formula is C39H24N2O. The Morgan fingerprint density at radius 3 is 2.07 bits per heavy atom. The average Bonchev–Trinajstić information content (AvgIpc) is 3.61. The molecule has 0 unspecified atom stereocenters. The van der Waals surface area contributed by atoms with Gasteiger partial charge in [0, 0.05) is 44.4 Å². The van der Waals surface area contributed by atoms with E-state index >= 15 is 0 Å². The van der Waals surface area contributed by atoms with Crippen molar-refractivity contribution in [3.63, 3.8) is 0 Å². The Balaban J connectivity index is 1.27. The lowest BCUT2D eigenvalue weighted by atomic mass is 10.0. The lowest BCUT2D eigenvalue weighted by molar-refractivity contribution is 0.673. The standard InChI is InChI=1S/C39H24N2O/c1-2-9-25(10-3-1)26-17-20-28(21-18-26)41-36-16-7-6-13-30(36)34-24-40-35(23-37(34)41)33-15-8-14-31-32-22-19-27-11-4-5-12-29(27)38(32)42-39(31)33/h1-24H. The Morgan fingerprint density at radius 1 is 0.476 bits per heavy atom. The molecule has 3 aromatic heterocycles. The molecule has 42 heavy (non-hydrogen) atoms. The zero-order chi connectivity index (χ0) is 27.6. The third-order valence-corrected chi connectivity index (χ3v) is 8.46. The van der Waals surface area contributed by atoms with Crippen molar-refractivity contribution in [1.29, 1.82) is 0 Å². The Morgan fingerprint density at radius 2 is 1.19 bits per heavy atom. The van der Waals surface area contributed by atoms with Gasteiger partial charge in [-0.25, -0.2) is 0 Å². The van der Waals surface area contributed by atoms with E-state index in [-0.39, 0.29) is 0 Å². The predicted octanol–water partition coefficient (Wildman–Crippen LogP) is 10.6. The predicted molar refractivity (Wildman–Crippen MR) is 174 cm³/mol. The molecule has 0 aliphatic heterocycles. The van der Waals surface area contributed by atoms with Crippen molar-refractivity contribution >= 4 is 54.5 Å². The van der Waals surface area contributed by atoms with E-state index in [1.54, 1.807) is 0 Å². The molecule has 0 aliphatic carbocycles. The highest BCUT2D eigenvalue weighted by molar-refractivity contribution is 6.17. The summed E-state index contributed by atoms with van der Waals surface area (Å²) in [4.78, 5) is 5.00. The summed E-state index contributed by atoms with van der Waals surface area (Å²) in [5.41, 5.74) is 9.48. The second kappa shape index (κ2) is 8.92. The van der Waals surface area contributed by atoms with Crippen LogP contribution in [0.3, 0.4) is 0 Å². The Labute approximate surface area is 241 Å². The van der Waals surface area contributed by atoms with Gasteiger partial charge in [0.25, 0.3) is 0 Å². The van der Waals surface area contributed by atoms with Gasteiger partial charge in [-0.2, -0.15) is 0 Å². The topological polar surface area (TPSA) is 31.0 Å². The van der Waals surface area contributed by atoms with E-state index in [1.165, 1.54) is 21.9 Å². The van der Waals surface area contributed by atoms with E-state index in [2.05, 4.69) is 144 Å². The molecule has 0 N–H and O–H groups in total. The summed E-state index contributed by atoms with van der Waals surface area (Å²) in [6.45, 7) is 0. The second-order valence-electron chi connectivity index (χ2n) is 10.8. The molecule has 0 amide bonds. The number of benzene rings is 6. The van der Waals surface area contributed by atoms with Gasteiger partial charge in [-0.3, -0.25) is 4.98 Å². The van der Waals surface area contributed by atoms with Gasteiger partial charge in [0.05, 0.1) is 16.7 Å². The molecule has 0 spiro atoms. The summed E-state index contributed by atoms with van der Waals surface area (Å²) >= 11 is 0. The van der Waals surface area contributed by atoms with Crippen LogP contribution in [0, 0.1) is 0 Å². The van der Waals surface area contributed by atoms with E-state index in [4.69, 9.17) is 9.40 Å². The van der Waals surface area contributed by atoms with Crippen LogP contribution in [-0.2, 0) is 0 Å². The largest absolute Gasteiger partial charge is 0.455 e. The van der Waals surface area contributed by atoms with Crippen LogP contribution >= 0.6 is 0 Å². The Kier molecular flexibility index (Phi) is 4.90. The van der Waals surface area contributed by atoms with Gasteiger partial charge in [-0.05, 0) is 52.9 Å². The minimum Gasteiger partial charge on any atom is -0.455 e. The van der Waals surface area contributed by atoms with Crippen LogP contribution in [-0.4, -0.2) is 9.55 Å². The minimum absolute atomic E-state index is 0.866. The van der Waals surface area contributed by atoms with Gasteiger partial charge < -0.3 is 8.98 Å². The number of rotatable bonds is 3. The zero-order valence-corrected chi connectivity index (χ0v) is 22.7. The maximum atomic E-state index is 6.65. The van der Waals surface area contributed by atoms with E-state index < -0.39 is 0 Å². The van der Waals surface area contributed by atoms with Crippen molar-refractivity contribution in [2.24, 2.45) is 0 Å². The van der Waals surface area contributed by atoms with Crippen molar-refractivity contribution < 1.29 is 4.42 Å². The summed E-state index contributed by atoms with van der Waals surface area (Å²) in [6, 6.07) is 49.2. The fourth-order valence-electron chi connectivity index (χ4n) is 6.45. The average molecular weight is 537 g/mol. The van der Waals surface area contributed by atoms with Gasteiger partial charge in [0.15, 0.2) is 0 Å². The van der Waals surface area contributed by atoms with Gasteiger partial charge in [-0.15, -0.1) is 0 Å². The van der Waals surface area contributed by atoms with E-state index in [0.717, 1.165) is 60.7 Å².